The first kappa shape index (κ1) is 21.2. The third kappa shape index (κ3) is 4.66. The molecule has 0 aliphatic rings. The maximum absolute atomic E-state index is 12.1. The van der Waals surface area contributed by atoms with Gasteiger partial charge in [0.25, 0.3) is 5.91 Å². The van der Waals surface area contributed by atoms with Crippen LogP contribution in [0.3, 0.4) is 0 Å². The van der Waals surface area contributed by atoms with Crippen LogP contribution in [-0.4, -0.2) is 44.5 Å². The van der Waals surface area contributed by atoms with E-state index >= 15 is 0 Å². The molecule has 2 aromatic carbocycles. The number of carbonyl (C=O) groups is 2. The molecule has 0 aliphatic carbocycles. The highest BCUT2D eigenvalue weighted by Gasteiger charge is 2.13. The van der Waals surface area contributed by atoms with Gasteiger partial charge < -0.3 is 16.0 Å². The lowest BCUT2D eigenvalue weighted by Gasteiger charge is -2.11. The molecule has 0 atom stereocenters. The van der Waals surface area contributed by atoms with E-state index in [0.717, 1.165) is 29.7 Å². The van der Waals surface area contributed by atoms with Gasteiger partial charge in [-0.25, -0.2) is 4.98 Å². The number of benzene rings is 2. The molecular formula is C23H25N7O2. The number of carbonyl (C=O) groups excluding carboxylic acids is 2. The lowest BCUT2D eigenvalue weighted by Crippen LogP contribution is -2.24. The Morgan fingerprint density at radius 1 is 1.00 bits per heavy atom. The molecule has 164 valence electrons. The molecule has 0 radical (unpaired) electrons. The van der Waals surface area contributed by atoms with Crippen molar-refractivity contribution in [1.82, 2.24) is 24.9 Å². The second-order valence-corrected chi connectivity index (χ2v) is 7.51. The van der Waals surface area contributed by atoms with E-state index in [1.54, 1.807) is 12.1 Å². The highest BCUT2D eigenvalue weighted by Crippen LogP contribution is 2.24. The number of hydrogen-bond acceptors (Lipinski definition) is 6. The Balaban J connectivity index is 1.40. The predicted molar refractivity (Wildman–Crippen MR) is 124 cm³/mol. The minimum absolute atomic E-state index is 0.0645. The van der Waals surface area contributed by atoms with Gasteiger partial charge in [-0.3, -0.25) is 14.0 Å². The Morgan fingerprint density at radius 2 is 1.78 bits per heavy atom. The fourth-order valence-corrected chi connectivity index (χ4v) is 3.53. The van der Waals surface area contributed by atoms with Crippen molar-refractivity contribution in [3.63, 3.8) is 0 Å². The third-order valence-corrected chi connectivity index (χ3v) is 5.02. The standard InChI is InChI=1S/C23H25N7O2/c1-15-28-29-22-21(24-12-6-7-13-25-23(32)17-8-4-3-5-9-17)27-19-14-18(26-16(2)31)10-11-20(19)30(15)22/h3-5,8-11,14H,6-7,12-13H2,1-2H3,(H,24,27)(H,25,32)(H,26,31). The molecular weight excluding hydrogens is 406 g/mol. The molecule has 9 nitrogen and oxygen atoms in total. The summed E-state index contributed by atoms with van der Waals surface area (Å²) in [4.78, 5) is 28.2. The minimum atomic E-state index is -0.136. The number of anilines is 2. The van der Waals surface area contributed by atoms with Crippen LogP contribution in [0.4, 0.5) is 11.5 Å². The molecule has 2 amide bonds. The van der Waals surface area contributed by atoms with Crippen molar-refractivity contribution in [3.8, 4) is 0 Å². The summed E-state index contributed by atoms with van der Waals surface area (Å²) in [6, 6.07) is 14.7. The topological polar surface area (TPSA) is 113 Å². The van der Waals surface area contributed by atoms with E-state index in [4.69, 9.17) is 4.98 Å². The van der Waals surface area contributed by atoms with Crippen molar-refractivity contribution >= 4 is 40.0 Å². The Labute approximate surface area is 185 Å². The van der Waals surface area contributed by atoms with Gasteiger partial charge in [-0.15, -0.1) is 10.2 Å². The SMILES string of the molecule is CC(=O)Nc1ccc2c(c1)nc(NCCCCNC(=O)c1ccccc1)c1nnc(C)n12. The van der Waals surface area contributed by atoms with Gasteiger partial charge in [0.1, 0.15) is 5.82 Å². The lowest BCUT2D eigenvalue weighted by atomic mass is 10.2. The van der Waals surface area contributed by atoms with Crippen LogP contribution in [0.1, 0.15) is 35.9 Å². The molecule has 32 heavy (non-hydrogen) atoms. The van der Waals surface area contributed by atoms with E-state index in [1.807, 2.05) is 47.7 Å². The number of nitrogens with one attached hydrogen (secondary N) is 3. The van der Waals surface area contributed by atoms with Gasteiger partial charge in [0, 0.05) is 31.3 Å². The van der Waals surface area contributed by atoms with Crippen molar-refractivity contribution in [3.05, 3.63) is 59.9 Å². The molecule has 0 saturated heterocycles. The van der Waals surface area contributed by atoms with E-state index in [2.05, 4.69) is 26.1 Å². The third-order valence-electron chi connectivity index (χ3n) is 5.02. The van der Waals surface area contributed by atoms with Crippen LogP contribution in [0, 0.1) is 6.92 Å². The molecule has 9 heteroatoms. The van der Waals surface area contributed by atoms with E-state index in [9.17, 15) is 9.59 Å². The average Bonchev–Trinajstić information content (AvgIpc) is 3.18. The molecule has 0 unspecified atom stereocenters. The smallest absolute Gasteiger partial charge is 0.251 e. The number of aromatic nitrogens is 4. The maximum Gasteiger partial charge on any atom is 0.251 e. The van der Waals surface area contributed by atoms with Crippen LogP contribution in [0.25, 0.3) is 16.7 Å². The van der Waals surface area contributed by atoms with Crippen LogP contribution in [-0.2, 0) is 4.79 Å². The molecule has 0 spiro atoms. The van der Waals surface area contributed by atoms with Gasteiger partial charge in [-0.2, -0.15) is 0 Å². The van der Waals surface area contributed by atoms with Crippen molar-refractivity contribution in [1.29, 1.82) is 0 Å². The van der Waals surface area contributed by atoms with Crippen molar-refractivity contribution in [2.24, 2.45) is 0 Å². The fraction of sp³-hybridized carbons (Fsp3) is 0.261. The average molecular weight is 432 g/mol. The molecule has 4 aromatic rings. The Hall–Kier alpha value is -4.01. The van der Waals surface area contributed by atoms with Crippen molar-refractivity contribution in [2.75, 3.05) is 23.7 Å². The number of nitrogens with zero attached hydrogens (tertiary/aromatic N) is 4. The highest BCUT2D eigenvalue weighted by molar-refractivity contribution is 5.94. The van der Waals surface area contributed by atoms with Crippen molar-refractivity contribution in [2.45, 2.75) is 26.7 Å². The molecule has 2 aromatic heterocycles. The van der Waals surface area contributed by atoms with Crippen LogP contribution >= 0.6 is 0 Å². The predicted octanol–water partition coefficient (Wildman–Crippen LogP) is 3.17. The molecule has 0 aliphatic heterocycles. The summed E-state index contributed by atoms with van der Waals surface area (Å²) in [5, 5.41) is 17.5. The van der Waals surface area contributed by atoms with Crippen LogP contribution in [0.5, 0.6) is 0 Å². The Bertz CT molecular complexity index is 1270. The first-order valence-electron chi connectivity index (χ1n) is 10.5. The zero-order valence-electron chi connectivity index (χ0n) is 18.1. The number of rotatable bonds is 8. The van der Waals surface area contributed by atoms with Crippen LogP contribution in [0.2, 0.25) is 0 Å². The zero-order valence-corrected chi connectivity index (χ0v) is 18.1. The van der Waals surface area contributed by atoms with Gasteiger partial charge >= 0.3 is 0 Å². The van der Waals surface area contributed by atoms with Gasteiger partial charge in [0.05, 0.1) is 11.0 Å². The van der Waals surface area contributed by atoms with E-state index in [1.165, 1.54) is 6.92 Å². The summed E-state index contributed by atoms with van der Waals surface area (Å²) in [6.07, 6.45) is 1.67. The second kappa shape index (κ2) is 9.42. The van der Waals surface area contributed by atoms with E-state index in [0.29, 0.717) is 35.8 Å². The normalized spacial score (nSPS) is 10.9. The largest absolute Gasteiger partial charge is 0.367 e. The molecule has 4 rings (SSSR count). The fourth-order valence-electron chi connectivity index (χ4n) is 3.53. The number of fused-ring (bicyclic) bond motifs is 3. The monoisotopic (exact) mass is 431 g/mol. The molecule has 3 N–H and O–H groups in total. The van der Waals surface area contributed by atoms with Gasteiger partial charge in [0.2, 0.25) is 11.6 Å². The number of aryl methyl sites for hydroxylation is 1. The van der Waals surface area contributed by atoms with Crippen molar-refractivity contribution < 1.29 is 9.59 Å². The molecule has 0 bridgehead atoms. The summed E-state index contributed by atoms with van der Waals surface area (Å²) < 4.78 is 1.95. The summed E-state index contributed by atoms with van der Waals surface area (Å²) in [6.45, 7) is 4.63. The van der Waals surface area contributed by atoms with E-state index < -0.39 is 0 Å². The molecule has 0 fully saturated rings. The summed E-state index contributed by atoms with van der Waals surface area (Å²) in [7, 11) is 0. The highest BCUT2D eigenvalue weighted by atomic mass is 16.2. The first-order valence-corrected chi connectivity index (χ1v) is 10.5. The summed E-state index contributed by atoms with van der Waals surface area (Å²) in [5.41, 5.74) is 3.59. The van der Waals surface area contributed by atoms with E-state index in [-0.39, 0.29) is 11.8 Å². The number of amides is 2. The number of hydrogen-bond donors (Lipinski definition) is 3. The Morgan fingerprint density at radius 3 is 2.56 bits per heavy atom. The molecule has 0 saturated carbocycles. The maximum atomic E-state index is 12.1. The van der Waals surface area contributed by atoms with Gasteiger partial charge in [-0.05, 0) is 50.1 Å². The zero-order chi connectivity index (χ0) is 22.5. The first-order chi connectivity index (χ1) is 15.5. The lowest BCUT2D eigenvalue weighted by molar-refractivity contribution is -0.114. The molecule has 2 heterocycles. The quantitative estimate of drug-likeness (QED) is 0.369. The Kier molecular flexibility index (Phi) is 6.25. The van der Waals surface area contributed by atoms with Crippen LogP contribution in [0.15, 0.2) is 48.5 Å². The van der Waals surface area contributed by atoms with Gasteiger partial charge in [-0.1, -0.05) is 18.2 Å². The number of unbranched alkanes of at least 4 members (excludes halogenated alkanes) is 1. The van der Waals surface area contributed by atoms with Gasteiger partial charge in [0.15, 0.2) is 5.82 Å². The summed E-state index contributed by atoms with van der Waals surface area (Å²) >= 11 is 0. The van der Waals surface area contributed by atoms with Crippen LogP contribution < -0.4 is 16.0 Å². The summed E-state index contributed by atoms with van der Waals surface area (Å²) in [5.74, 6) is 1.19. The minimum Gasteiger partial charge on any atom is -0.367 e. The second-order valence-electron chi connectivity index (χ2n) is 7.51.